The van der Waals surface area contributed by atoms with Crippen molar-refractivity contribution >= 4 is 17.9 Å². The Bertz CT molecular complexity index is 1040. The fraction of sp³-hybridized carbons (Fsp3) is 0.231. The highest BCUT2D eigenvalue weighted by Crippen LogP contribution is 2.27. The second kappa shape index (κ2) is 12.8. The minimum absolute atomic E-state index is 0.423. The number of hydrogen-bond acceptors (Lipinski definition) is 5. The number of nitrogens with zero attached hydrogens (tertiary/aromatic N) is 1. The van der Waals surface area contributed by atoms with Crippen molar-refractivity contribution in [2.45, 2.75) is 19.8 Å². The van der Waals surface area contributed by atoms with Crippen LogP contribution in [0.2, 0.25) is 0 Å². The van der Waals surface area contributed by atoms with Crippen LogP contribution in [0.4, 0.5) is 10.5 Å². The molecule has 7 heteroatoms. The van der Waals surface area contributed by atoms with E-state index in [-0.39, 0.29) is 0 Å². The monoisotopic (exact) mass is 447 g/mol. The molecule has 0 aliphatic rings. The SMILES string of the molecule is CCc1ccc(OCCCOc2ccc(/C=N\NC(=O)Nc3ccccc3)cc2OC)cc1. The number of hydrogen-bond donors (Lipinski definition) is 2. The molecule has 0 heterocycles. The largest absolute Gasteiger partial charge is 0.493 e. The van der Waals surface area contributed by atoms with E-state index in [1.807, 2.05) is 42.5 Å². The van der Waals surface area contributed by atoms with Gasteiger partial charge < -0.3 is 19.5 Å². The summed E-state index contributed by atoms with van der Waals surface area (Å²) in [6.07, 6.45) is 3.29. The zero-order valence-corrected chi connectivity index (χ0v) is 18.9. The van der Waals surface area contributed by atoms with E-state index in [1.165, 1.54) is 11.8 Å². The number of carbonyl (C=O) groups is 1. The second-order valence-corrected chi connectivity index (χ2v) is 7.15. The van der Waals surface area contributed by atoms with Gasteiger partial charge in [0.15, 0.2) is 11.5 Å². The van der Waals surface area contributed by atoms with Gasteiger partial charge in [-0.3, -0.25) is 0 Å². The van der Waals surface area contributed by atoms with Crippen LogP contribution in [-0.4, -0.2) is 32.6 Å². The lowest BCUT2D eigenvalue weighted by molar-refractivity contribution is 0.240. The number of ether oxygens (including phenoxy) is 3. The van der Waals surface area contributed by atoms with E-state index in [2.05, 4.69) is 34.9 Å². The van der Waals surface area contributed by atoms with Crippen molar-refractivity contribution in [1.29, 1.82) is 0 Å². The molecule has 3 rings (SSSR count). The minimum atomic E-state index is -0.423. The molecule has 172 valence electrons. The molecule has 33 heavy (non-hydrogen) atoms. The van der Waals surface area contributed by atoms with Crippen LogP contribution in [0.25, 0.3) is 0 Å². The van der Waals surface area contributed by atoms with Crippen molar-refractivity contribution in [3.05, 3.63) is 83.9 Å². The summed E-state index contributed by atoms with van der Waals surface area (Å²) >= 11 is 0. The lowest BCUT2D eigenvalue weighted by Gasteiger charge is -2.12. The van der Waals surface area contributed by atoms with Gasteiger partial charge in [-0.2, -0.15) is 5.10 Å². The molecule has 0 saturated heterocycles. The maximum atomic E-state index is 11.9. The van der Waals surface area contributed by atoms with Gasteiger partial charge in [0.1, 0.15) is 5.75 Å². The van der Waals surface area contributed by atoms with Crippen molar-refractivity contribution in [2.75, 3.05) is 25.6 Å². The lowest BCUT2D eigenvalue weighted by Crippen LogP contribution is -2.24. The number of anilines is 1. The predicted octanol–water partition coefficient (Wildman–Crippen LogP) is 5.26. The number of aryl methyl sites for hydroxylation is 1. The molecule has 0 unspecified atom stereocenters. The zero-order valence-electron chi connectivity index (χ0n) is 18.9. The third kappa shape index (κ3) is 7.88. The van der Waals surface area contributed by atoms with Gasteiger partial charge in [0.2, 0.25) is 0 Å². The van der Waals surface area contributed by atoms with Gasteiger partial charge in [-0.05, 0) is 60.0 Å². The summed E-state index contributed by atoms with van der Waals surface area (Å²) in [5, 5.41) is 6.66. The van der Waals surface area contributed by atoms with E-state index in [4.69, 9.17) is 14.2 Å². The number of rotatable bonds is 11. The molecule has 0 spiro atoms. The highest BCUT2D eigenvalue weighted by atomic mass is 16.5. The number of amides is 2. The summed E-state index contributed by atoms with van der Waals surface area (Å²) < 4.78 is 17.0. The van der Waals surface area contributed by atoms with Gasteiger partial charge in [0, 0.05) is 12.1 Å². The molecule has 7 nitrogen and oxygen atoms in total. The average molecular weight is 448 g/mol. The van der Waals surface area contributed by atoms with Gasteiger partial charge in [-0.15, -0.1) is 0 Å². The molecular weight excluding hydrogens is 418 g/mol. The van der Waals surface area contributed by atoms with Gasteiger partial charge >= 0.3 is 6.03 Å². The minimum Gasteiger partial charge on any atom is -0.493 e. The van der Waals surface area contributed by atoms with Crippen LogP contribution < -0.4 is 25.0 Å². The van der Waals surface area contributed by atoms with Crippen LogP contribution in [0.5, 0.6) is 17.2 Å². The third-order valence-corrected chi connectivity index (χ3v) is 4.75. The van der Waals surface area contributed by atoms with Crippen molar-refractivity contribution in [3.8, 4) is 17.2 Å². The van der Waals surface area contributed by atoms with Crippen molar-refractivity contribution in [2.24, 2.45) is 5.10 Å². The van der Waals surface area contributed by atoms with E-state index >= 15 is 0 Å². The molecule has 0 aliphatic heterocycles. The van der Waals surface area contributed by atoms with Crippen molar-refractivity contribution < 1.29 is 19.0 Å². The predicted molar refractivity (Wildman–Crippen MR) is 131 cm³/mol. The lowest BCUT2D eigenvalue weighted by atomic mass is 10.2. The Hall–Kier alpha value is -4.00. The Morgan fingerprint density at radius 3 is 2.42 bits per heavy atom. The Morgan fingerprint density at radius 1 is 0.939 bits per heavy atom. The number of urea groups is 1. The maximum Gasteiger partial charge on any atom is 0.339 e. The van der Waals surface area contributed by atoms with Gasteiger partial charge in [-0.1, -0.05) is 37.3 Å². The van der Waals surface area contributed by atoms with Gasteiger partial charge in [0.25, 0.3) is 0 Å². The summed E-state index contributed by atoms with van der Waals surface area (Å²) in [5.41, 5.74) is 5.17. The van der Waals surface area contributed by atoms with Gasteiger partial charge in [0.05, 0.1) is 26.5 Å². The summed E-state index contributed by atoms with van der Waals surface area (Å²) in [7, 11) is 1.58. The molecule has 0 bridgehead atoms. The summed E-state index contributed by atoms with van der Waals surface area (Å²) in [6.45, 7) is 3.19. The molecule has 3 aromatic carbocycles. The van der Waals surface area contributed by atoms with E-state index in [1.54, 1.807) is 25.3 Å². The van der Waals surface area contributed by atoms with Crippen LogP contribution in [-0.2, 0) is 6.42 Å². The Labute approximate surface area is 194 Å². The number of carbonyl (C=O) groups excluding carboxylic acids is 1. The third-order valence-electron chi connectivity index (χ3n) is 4.75. The number of methoxy groups -OCH3 is 1. The van der Waals surface area contributed by atoms with E-state index in [0.717, 1.165) is 24.2 Å². The van der Waals surface area contributed by atoms with E-state index in [9.17, 15) is 4.79 Å². The highest BCUT2D eigenvalue weighted by Gasteiger charge is 2.06. The average Bonchev–Trinajstić information content (AvgIpc) is 2.85. The molecule has 2 N–H and O–H groups in total. The van der Waals surface area contributed by atoms with Crippen LogP contribution in [0, 0.1) is 0 Å². The molecule has 0 aliphatic carbocycles. The van der Waals surface area contributed by atoms with Crippen LogP contribution in [0.1, 0.15) is 24.5 Å². The number of hydrazone groups is 1. The standard InChI is InChI=1S/C26H29N3O4/c1-3-20-10-13-23(14-11-20)32-16-7-17-33-24-15-12-21(18-25(24)31-2)19-27-29-26(30)28-22-8-5-4-6-9-22/h4-6,8-15,18-19H,3,7,16-17H2,1-2H3,(H2,28,29,30)/b27-19-. The summed E-state index contributed by atoms with van der Waals surface area (Å²) in [5.74, 6) is 2.08. The maximum absolute atomic E-state index is 11.9. The number of benzene rings is 3. The van der Waals surface area contributed by atoms with Gasteiger partial charge in [-0.25, -0.2) is 10.2 Å². The Balaban J connectivity index is 1.42. The second-order valence-electron chi connectivity index (χ2n) is 7.15. The molecule has 0 fully saturated rings. The molecule has 0 radical (unpaired) electrons. The molecule has 0 atom stereocenters. The summed E-state index contributed by atoms with van der Waals surface area (Å²) in [4.78, 5) is 11.9. The topological polar surface area (TPSA) is 81.2 Å². The zero-order chi connectivity index (χ0) is 23.3. The number of para-hydroxylation sites is 1. The molecular formula is C26H29N3O4. The van der Waals surface area contributed by atoms with E-state index < -0.39 is 6.03 Å². The molecule has 0 aromatic heterocycles. The van der Waals surface area contributed by atoms with Crippen molar-refractivity contribution in [1.82, 2.24) is 5.43 Å². The highest BCUT2D eigenvalue weighted by molar-refractivity contribution is 5.90. The Morgan fingerprint density at radius 2 is 1.70 bits per heavy atom. The first-order chi connectivity index (χ1) is 16.2. The molecule has 2 amide bonds. The molecule has 0 saturated carbocycles. The van der Waals surface area contributed by atoms with E-state index in [0.29, 0.717) is 30.4 Å². The Kier molecular flexibility index (Phi) is 9.15. The van der Waals surface area contributed by atoms with Crippen molar-refractivity contribution in [3.63, 3.8) is 0 Å². The van der Waals surface area contributed by atoms with Crippen LogP contribution >= 0.6 is 0 Å². The van der Waals surface area contributed by atoms with Crippen LogP contribution in [0.15, 0.2) is 77.9 Å². The fourth-order valence-corrected chi connectivity index (χ4v) is 2.98. The number of nitrogens with one attached hydrogen (secondary N) is 2. The quantitative estimate of drug-likeness (QED) is 0.239. The first kappa shape index (κ1) is 23.7. The molecule has 3 aromatic rings. The summed E-state index contributed by atoms with van der Waals surface area (Å²) in [6, 6.07) is 22.3. The first-order valence-electron chi connectivity index (χ1n) is 10.9. The van der Waals surface area contributed by atoms with Crippen LogP contribution in [0.3, 0.4) is 0 Å². The fourth-order valence-electron chi connectivity index (χ4n) is 2.98. The first-order valence-corrected chi connectivity index (χ1v) is 10.9. The smallest absolute Gasteiger partial charge is 0.339 e. The normalized spacial score (nSPS) is 10.6.